The number of aromatic amines is 1. The van der Waals surface area contributed by atoms with Crippen molar-refractivity contribution >= 4 is 0 Å². The maximum absolute atomic E-state index is 3.43. The zero-order chi connectivity index (χ0) is 6.81. The lowest BCUT2D eigenvalue weighted by Crippen LogP contribution is -2.12. The highest BCUT2D eigenvalue weighted by atomic mass is 15.0. The first kappa shape index (κ1) is 5.98. The Morgan fingerprint density at radius 1 is 1.50 bits per heavy atom. The molecule has 0 saturated carbocycles. The number of rotatable bonds is 1. The fraction of sp³-hybridized carbons (Fsp3) is 0.500. The van der Waals surface area contributed by atoms with Crippen molar-refractivity contribution in [2.24, 2.45) is 0 Å². The van der Waals surface area contributed by atoms with Crippen LogP contribution >= 0.6 is 0 Å². The molecular formula is C8H12N2. The van der Waals surface area contributed by atoms with Gasteiger partial charge in [0.25, 0.3) is 0 Å². The van der Waals surface area contributed by atoms with Gasteiger partial charge in [-0.2, -0.15) is 0 Å². The third-order valence-electron chi connectivity index (χ3n) is 2.06. The van der Waals surface area contributed by atoms with Crippen molar-refractivity contribution in [3.63, 3.8) is 0 Å². The average Bonchev–Trinajstić information content (AvgIpc) is 2.59. The molecule has 0 radical (unpaired) electrons. The van der Waals surface area contributed by atoms with Gasteiger partial charge >= 0.3 is 0 Å². The third kappa shape index (κ3) is 0.948. The number of nitrogens with one attached hydrogen (secondary N) is 2. The number of H-pyrrole nitrogens is 1. The lowest BCUT2D eigenvalue weighted by Gasteiger charge is -2.05. The molecule has 0 amide bonds. The molecule has 2 N–H and O–H groups in total. The molecule has 0 aliphatic carbocycles. The van der Waals surface area contributed by atoms with Gasteiger partial charge in [0.15, 0.2) is 0 Å². The first-order valence-corrected chi connectivity index (χ1v) is 3.83. The van der Waals surface area contributed by atoms with Crippen LogP contribution in [-0.4, -0.2) is 11.5 Å². The molecule has 0 bridgehead atoms. The molecule has 2 heteroatoms. The van der Waals surface area contributed by atoms with Crippen LogP contribution in [0.1, 0.15) is 24.6 Å². The SMILES string of the molecule is c1c[nH]c([C@H]2CCCN2)c1. The zero-order valence-electron chi connectivity index (χ0n) is 5.93. The van der Waals surface area contributed by atoms with Gasteiger partial charge in [0.05, 0.1) is 0 Å². The summed E-state index contributed by atoms with van der Waals surface area (Å²) < 4.78 is 0. The molecule has 1 aliphatic rings. The van der Waals surface area contributed by atoms with E-state index in [0.29, 0.717) is 6.04 Å². The van der Waals surface area contributed by atoms with Crippen LogP contribution in [-0.2, 0) is 0 Å². The monoisotopic (exact) mass is 136 g/mol. The lowest BCUT2D eigenvalue weighted by atomic mass is 10.2. The topological polar surface area (TPSA) is 27.8 Å². The molecule has 0 unspecified atom stereocenters. The fourth-order valence-corrected chi connectivity index (χ4v) is 1.51. The quantitative estimate of drug-likeness (QED) is 0.600. The minimum absolute atomic E-state index is 0.593. The largest absolute Gasteiger partial charge is 0.364 e. The maximum atomic E-state index is 3.43. The van der Waals surface area contributed by atoms with Gasteiger partial charge in [-0.25, -0.2) is 0 Å². The summed E-state index contributed by atoms with van der Waals surface area (Å²) in [5, 5.41) is 3.43. The van der Waals surface area contributed by atoms with Gasteiger partial charge in [0.1, 0.15) is 0 Å². The van der Waals surface area contributed by atoms with Crippen molar-refractivity contribution in [3.05, 3.63) is 24.0 Å². The predicted molar refractivity (Wildman–Crippen MR) is 40.8 cm³/mol. The van der Waals surface area contributed by atoms with Crippen LogP contribution in [0.25, 0.3) is 0 Å². The molecule has 1 atom stereocenters. The summed E-state index contributed by atoms with van der Waals surface area (Å²) >= 11 is 0. The molecule has 2 heterocycles. The molecule has 0 spiro atoms. The Labute approximate surface area is 60.6 Å². The van der Waals surface area contributed by atoms with Gasteiger partial charge in [-0.3, -0.25) is 0 Å². The van der Waals surface area contributed by atoms with E-state index in [4.69, 9.17) is 0 Å². The Morgan fingerprint density at radius 2 is 2.50 bits per heavy atom. The number of hydrogen-bond acceptors (Lipinski definition) is 1. The Hall–Kier alpha value is -0.760. The molecule has 1 saturated heterocycles. The summed E-state index contributed by atoms with van der Waals surface area (Å²) in [7, 11) is 0. The Bertz CT molecular complexity index is 185. The van der Waals surface area contributed by atoms with Crippen molar-refractivity contribution in [1.82, 2.24) is 10.3 Å². The first-order valence-electron chi connectivity index (χ1n) is 3.83. The van der Waals surface area contributed by atoms with Gasteiger partial charge in [0.2, 0.25) is 0 Å². The highest BCUT2D eigenvalue weighted by Gasteiger charge is 2.15. The van der Waals surface area contributed by atoms with Crippen LogP contribution in [0.2, 0.25) is 0 Å². The summed E-state index contributed by atoms with van der Waals surface area (Å²) in [5.41, 5.74) is 1.33. The normalized spacial score (nSPS) is 25.4. The highest BCUT2D eigenvalue weighted by molar-refractivity contribution is 5.10. The summed E-state index contributed by atoms with van der Waals surface area (Å²) in [5.74, 6) is 0. The molecule has 1 aromatic heterocycles. The van der Waals surface area contributed by atoms with E-state index in [2.05, 4.69) is 22.4 Å². The van der Waals surface area contributed by atoms with Crippen LogP contribution in [0.4, 0.5) is 0 Å². The van der Waals surface area contributed by atoms with Crippen LogP contribution in [0.3, 0.4) is 0 Å². The minimum Gasteiger partial charge on any atom is -0.364 e. The van der Waals surface area contributed by atoms with Crippen LogP contribution in [0.5, 0.6) is 0 Å². The second kappa shape index (κ2) is 2.46. The highest BCUT2D eigenvalue weighted by Crippen LogP contribution is 2.20. The summed E-state index contributed by atoms with van der Waals surface area (Å²) in [4.78, 5) is 3.22. The van der Waals surface area contributed by atoms with Crippen LogP contribution in [0, 0.1) is 0 Å². The molecule has 0 aromatic carbocycles. The first-order chi connectivity index (χ1) is 4.97. The summed E-state index contributed by atoms with van der Waals surface area (Å²) in [6, 6.07) is 4.79. The summed E-state index contributed by atoms with van der Waals surface area (Å²) in [6.07, 6.45) is 4.57. The predicted octanol–water partition coefficient (Wildman–Crippen LogP) is 1.44. The molecule has 1 aliphatic heterocycles. The van der Waals surface area contributed by atoms with E-state index in [-0.39, 0.29) is 0 Å². The second-order valence-corrected chi connectivity index (χ2v) is 2.77. The molecule has 1 aromatic rings. The second-order valence-electron chi connectivity index (χ2n) is 2.77. The molecule has 2 rings (SSSR count). The molecule has 54 valence electrons. The maximum Gasteiger partial charge on any atom is 0.0473 e. The van der Waals surface area contributed by atoms with Gasteiger partial charge in [-0.15, -0.1) is 0 Å². The van der Waals surface area contributed by atoms with Crippen molar-refractivity contribution in [1.29, 1.82) is 0 Å². The van der Waals surface area contributed by atoms with Crippen molar-refractivity contribution in [2.75, 3.05) is 6.54 Å². The Kier molecular flexibility index (Phi) is 1.47. The fourth-order valence-electron chi connectivity index (χ4n) is 1.51. The van der Waals surface area contributed by atoms with Crippen molar-refractivity contribution < 1.29 is 0 Å². The van der Waals surface area contributed by atoms with E-state index in [1.54, 1.807) is 0 Å². The molecule has 10 heavy (non-hydrogen) atoms. The van der Waals surface area contributed by atoms with Crippen molar-refractivity contribution in [2.45, 2.75) is 18.9 Å². The number of hydrogen-bond donors (Lipinski definition) is 2. The molecule has 1 fully saturated rings. The van der Waals surface area contributed by atoms with Crippen molar-refractivity contribution in [3.8, 4) is 0 Å². The average molecular weight is 136 g/mol. The van der Waals surface area contributed by atoms with E-state index >= 15 is 0 Å². The number of aromatic nitrogens is 1. The third-order valence-corrected chi connectivity index (χ3v) is 2.06. The van der Waals surface area contributed by atoms with E-state index in [9.17, 15) is 0 Å². The van der Waals surface area contributed by atoms with E-state index in [1.165, 1.54) is 25.1 Å². The van der Waals surface area contributed by atoms with E-state index in [1.807, 2.05) is 6.20 Å². The summed E-state index contributed by atoms with van der Waals surface area (Å²) in [6.45, 7) is 1.17. The van der Waals surface area contributed by atoms with Gasteiger partial charge < -0.3 is 10.3 Å². The van der Waals surface area contributed by atoms with Crippen LogP contribution < -0.4 is 5.32 Å². The standard InChI is InChI=1S/C8H12N2/c1-3-7(9-5-1)8-4-2-6-10-8/h1,3,5,8-10H,2,4,6H2/t8-/m1/s1. The molecular weight excluding hydrogens is 124 g/mol. The lowest BCUT2D eigenvalue weighted by molar-refractivity contribution is 0.632. The Morgan fingerprint density at radius 3 is 3.10 bits per heavy atom. The van der Waals surface area contributed by atoms with Crippen LogP contribution in [0.15, 0.2) is 18.3 Å². The Balaban J connectivity index is 2.12. The zero-order valence-corrected chi connectivity index (χ0v) is 5.93. The van der Waals surface area contributed by atoms with Gasteiger partial charge in [-0.05, 0) is 31.5 Å². The minimum atomic E-state index is 0.593. The van der Waals surface area contributed by atoms with E-state index in [0.717, 1.165) is 0 Å². The molecule has 2 nitrogen and oxygen atoms in total. The van der Waals surface area contributed by atoms with Gasteiger partial charge in [-0.1, -0.05) is 0 Å². The van der Waals surface area contributed by atoms with E-state index < -0.39 is 0 Å². The van der Waals surface area contributed by atoms with Gasteiger partial charge in [0, 0.05) is 17.9 Å². The smallest absolute Gasteiger partial charge is 0.0473 e.